The first kappa shape index (κ1) is 16.1. The van der Waals surface area contributed by atoms with Gasteiger partial charge in [-0.25, -0.2) is 0 Å². The van der Waals surface area contributed by atoms with Crippen LogP contribution in [0.4, 0.5) is 0 Å². The van der Waals surface area contributed by atoms with Crippen molar-refractivity contribution in [2.75, 3.05) is 19.4 Å². The van der Waals surface area contributed by atoms with Crippen LogP contribution < -0.4 is 11.1 Å². The SMILES string of the molecule is CCOC1CC(N)(C(=O)NCC2(SC)CCC2)C1(C)C. The number of nitrogens with one attached hydrogen (secondary N) is 1. The molecule has 0 aromatic carbocycles. The zero-order chi connectivity index (χ0) is 15.0. The standard InChI is InChI=1S/C15H28N2O2S/c1-5-19-11-9-15(16,13(11,2)3)12(18)17-10-14(20-4)7-6-8-14/h11H,5-10,16H2,1-4H3,(H,17,18). The Kier molecular flexibility index (Phi) is 4.43. The smallest absolute Gasteiger partial charge is 0.240 e. The molecule has 2 rings (SSSR count). The number of hydrogen-bond acceptors (Lipinski definition) is 4. The lowest BCUT2D eigenvalue weighted by Crippen LogP contribution is -2.76. The molecule has 0 saturated heterocycles. The Morgan fingerprint density at radius 3 is 2.50 bits per heavy atom. The third-order valence-corrected chi connectivity index (χ3v) is 6.92. The summed E-state index contributed by atoms with van der Waals surface area (Å²) in [6.45, 7) is 7.45. The molecule has 2 saturated carbocycles. The van der Waals surface area contributed by atoms with Gasteiger partial charge in [0.05, 0.1) is 6.10 Å². The fraction of sp³-hybridized carbons (Fsp3) is 0.933. The van der Waals surface area contributed by atoms with E-state index in [-0.39, 0.29) is 22.2 Å². The molecular weight excluding hydrogens is 272 g/mol. The van der Waals surface area contributed by atoms with Gasteiger partial charge in [-0.05, 0) is 26.0 Å². The van der Waals surface area contributed by atoms with E-state index in [1.165, 1.54) is 19.3 Å². The van der Waals surface area contributed by atoms with Crippen molar-refractivity contribution in [3.8, 4) is 0 Å². The Bertz CT molecular complexity index is 377. The highest BCUT2D eigenvalue weighted by Crippen LogP contribution is 2.50. The number of hydrogen-bond donors (Lipinski definition) is 2. The van der Waals surface area contributed by atoms with Crippen molar-refractivity contribution in [2.24, 2.45) is 11.1 Å². The van der Waals surface area contributed by atoms with E-state index < -0.39 is 5.54 Å². The highest BCUT2D eigenvalue weighted by molar-refractivity contribution is 8.00. The lowest BCUT2D eigenvalue weighted by Gasteiger charge is -2.57. The number of nitrogens with two attached hydrogens (primary N) is 1. The third kappa shape index (κ3) is 2.38. The van der Waals surface area contributed by atoms with Crippen molar-refractivity contribution in [1.82, 2.24) is 5.32 Å². The molecule has 2 aliphatic carbocycles. The summed E-state index contributed by atoms with van der Waals surface area (Å²) in [5, 5.41) is 3.10. The lowest BCUT2D eigenvalue weighted by molar-refractivity contribution is -0.170. The van der Waals surface area contributed by atoms with Crippen molar-refractivity contribution in [2.45, 2.75) is 62.8 Å². The molecule has 2 atom stereocenters. The molecule has 5 heteroatoms. The Hall–Kier alpha value is -0.260. The molecule has 0 aromatic rings. The first-order valence-corrected chi connectivity index (χ1v) is 8.78. The molecule has 4 nitrogen and oxygen atoms in total. The van der Waals surface area contributed by atoms with E-state index in [1.807, 2.05) is 32.5 Å². The van der Waals surface area contributed by atoms with Gasteiger partial charge in [0, 0.05) is 29.7 Å². The summed E-state index contributed by atoms with van der Waals surface area (Å²) >= 11 is 1.87. The summed E-state index contributed by atoms with van der Waals surface area (Å²) in [6, 6.07) is 0. The molecule has 116 valence electrons. The fourth-order valence-corrected chi connectivity index (χ4v) is 4.16. The van der Waals surface area contributed by atoms with Crippen LogP contribution in [0.3, 0.4) is 0 Å². The second kappa shape index (κ2) is 5.50. The Balaban J connectivity index is 1.92. The van der Waals surface area contributed by atoms with Crippen molar-refractivity contribution < 1.29 is 9.53 Å². The molecule has 2 unspecified atom stereocenters. The predicted molar refractivity (Wildman–Crippen MR) is 83.8 cm³/mol. The molecule has 20 heavy (non-hydrogen) atoms. The molecule has 0 aliphatic heterocycles. The Labute approximate surface area is 126 Å². The van der Waals surface area contributed by atoms with Crippen molar-refractivity contribution in [3.63, 3.8) is 0 Å². The van der Waals surface area contributed by atoms with Gasteiger partial charge in [0.1, 0.15) is 5.54 Å². The Morgan fingerprint density at radius 2 is 2.10 bits per heavy atom. The molecule has 0 radical (unpaired) electrons. The van der Waals surface area contributed by atoms with Crippen LogP contribution in [0.2, 0.25) is 0 Å². The minimum Gasteiger partial charge on any atom is -0.378 e. The second-order valence-corrected chi connectivity index (χ2v) is 8.04. The molecule has 0 heterocycles. The first-order chi connectivity index (χ1) is 9.31. The fourth-order valence-electron chi connectivity index (χ4n) is 3.24. The van der Waals surface area contributed by atoms with Crippen LogP contribution in [0.1, 0.15) is 46.5 Å². The summed E-state index contributed by atoms with van der Waals surface area (Å²) < 4.78 is 5.92. The molecule has 3 N–H and O–H groups in total. The maximum atomic E-state index is 12.5. The van der Waals surface area contributed by atoms with Crippen LogP contribution in [0.15, 0.2) is 0 Å². The van der Waals surface area contributed by atoms with Gasteiger partial charge in [-0.2, -0.15) is 11.8 Å². The molecular formula is C15H28N2O2S. The minimum atomic E-state index is -0.795. The van der Waals surface area contributed by atoms with Crippen LogP contribution in [0.5, 0.6) is 0 Å². The number of ether oxygens (including phenoxy) is 1. The van der Waals surface area contributed by atoms with Gasteiger partial charge >= 0.3 is 0 Å². The van der Waals surface area contributed by atoms with Gasteiger partial charge < -0.3 is 15.8 Å². The highest BCUT2D eigenvalue weighted by atomic mass is 32.2. The summed E-state index contributed by atoms with van der Waals surface area (Å²) in [5.41, 5.74) is 5.27. The van der Waals surface area contributed by atoms with E-state index in [4.69, 9.17) is 10.5 Å². The van der Waals surface area contributed by atoms with E-state index in [0.717, 1.165) is 6.54 Å². The zero-order valence-electron chi connectivity index (χ0n) is 13.1. The van der Waals surface area contributed by atoms with E-state index in [2.05, 4.69) is 11.6 Å². The number of thioether (sulfide) groups is 1. The highest BCUT2D eigenvalue weighted by Gasteiger charge is 2.63. The minimum absolute atomic E-state index is 0.0150. The average molecular weight is 300 g/mol. The van der Waals surface area contributed by atoms with E-state index in [0.29, 0.717) is 13.0 Å². The average Bonchev–Trinajstić information content (AvgIpc) is 2.37. The third-order valence-electron chi connectivity index (χ3n) is 5.50. The predicted octanol–water partition coefficient (Wildman–Crippen LogP) is 1.92. The Morgan fingerprint density at radius 1 is 1.45 bits per heavy atom. The normalized spacial score (nSPS) is 34.0. The summed E-state index contributed by atoms with van der Waals surface area (Å²) in [5.74, 6) is -0.0150. The van der Waals surface area contributed by atoms with Gasteiger partial charge in [0.2, 0.25) is 5.91 Å². The van der Waals surface area contributed by atoms with Crippen molar-refractivity contribution in [3.05, 3.63) is 0 Å². The second-order valence-electron chi connectivity index (χ2n) is 6.76. The summed E-state index contributed by atoms with van der Waals surface area (Å²) in [4.78, 5) is 12.5. The number of amides is 1. The van der Waals surface area contributed by atoms with Crippen LogP contribution in [-0.2, 0) is 9.53 Å². The maximum Gasteiger partial charge on any atom is 0.240 e. The molecule has 2 fully saturated rings. The van der Waals surface area contributed by atoms with Crippen molar-refractivity contribution >= 4 is 17.7 Å². The number of carbonyl (C=O) groups excluding carboxylic acids is 1. The molecule has 2 aliphatic rings. The van der Waals surface area contributed by atoms with E-state index in [9.17, 15) is 4.79 Å². The van der Waals surface area contributed by atoms with Gasteiger partial charge in [-0.1, -0.05) is 20.3 Å². The van der Waals surface area contributed by atoms with Crippen LogP contribution in [0.25, 0.3) is 0 Å². The van der Waals surface area contributed by atoms with E-state index >= 15 is 0 Å². The monoisotopic (exact) mass is 300 g/mol. The summed E-state index contributed by atoms with van der Waals surface area (Å²) in [7, 11) is 0. The largest absolute Gasteiger partial charge is 0.378 e. The topological polar surface area (TPSA) is 64.3 Å². The van der Waals surface area contributed by atoms with Crippen LogP contribution >= 0.6 is 11.8 Å². The van der Waals surface area contributed by atoms with Gasteiger partial charge in [-0.3, -0.25) is 4.79 Å². The number of rotatable bonds is 6. The lowest BCUT2D eigenvalue weighted by atomic mass is 9.54. The van der Waals surface area contributed by atoms with Crippen molar-refractivity contribution in [1.29, 1.82) is 0 Å². The number of carbonyl (C=O) groups is 1. The summed E-state index contributed by atoms with van der Waals surface area (Å²) in [6.07, 6.45) is 6.48. The molecule has 0 spiro atoms. The zero-order valence-corrected chi connectivity index (χ0v) is 13.9. The quantitative estimate of drug-likeness (QED) is 0.786. The van der Waals surface area contributed by atoms with Gasteiger partial charge in [0.25, 0.3) is 0 Å². The van der Waals surface area contributed by atoms with Gasteiger partial charge in [-0.15, -0.1) is 0 Å². The molecule has 1 amide bonds. The van der Waals surface area contributed by atoms with Crippen LogP contribution in [0, 0.1) is 5.41 Å². The first-order valence-electron chi connectivity index (χ1n) is 7.55. The van der Waals surface area contributed by atoms with Gasteiger partial charge in [0.15, 0.2) is 0 Å². The van der Waals surface area contributed by atoms with Crippen LogP contribution in [-0.4, -0.2) is 41.7 Å². The molecule has 0 bridgehead atoms. The maximum absolute atomic E-state index is 12.5. The van der Waals surface area contributed by atoms with E-state index in [1.54, 1.807) is 0 Å². The molecule has 0 aromatic heterocycles.